The SMILES string of the molecule is N/C(COc1cccc([N+](=O)[O-])c1Br)=N/O. The number of hydrogen-bond donors (Lipinski definition) is 2. The molecule has 0 aromatic heterocycles. The Morgan fingerprint density at radius 2 is 2.38 bits per heavy atom. The van der Waals surface area contributed by atoms with Gasteiger partial charge in [0.25, 0.3) is 5.69 Å². The van der Waals surface area contributed by atoms with Crippen molar-refractivity contribution in [1.29, 1.82) is 0 Å². The number of nitrogens with zero attached hydrogens (tertiary/aromatic N) is 2. The van der Waals surface area contributed by atoms with Gasteiger partial charge in [-0.15, -0.1) is 0 Å². The third kappa shape index (κ3) is 2.83. The first-order valence-corrected chi connectivity index (χ1v) is 4.87. The quantitative estimate of drug-likeness (QED) is 0.287. The van der Waals surface area contributed by atoms with Crippen molar-refractivity contribution in [1.82, 2.24) is 0 Å². The summed E-state index contributed by atoms with van der Waals surface area (Å²) in [4.78, 5) is 10.1. The van der Waals surface area contributed by atoms with E-state index in [2.05, 4.69) is 21.1 Å². The van der Waals surface area contributed by atoms with E-state index < -0.39 is 4.92 Å². The largest absolute Gasteiger partial charge is 0.484 e. The van der Waals surface area contributed by atoms with Crippen LogP contribution in [0.3, 0.4) is 0 Å². The van der Waals surface area contributed by atoms with Gasteiger partial charge in [-0.05, 0) is 22.0 Å². The van der Waals surface area contributed by atoms with E-state index in [1.54, 1.807) is 0 Å². The van der Waals surface area contributed by atoms with Crippen LogP contribution in [-0.2, 0) is 0 Å². The summed E-state index contributed by atoms with van der Waals surface area (Å²) in [6.07, 6.45) is 0. The van der Waals surface area contributed by atoms with Gasteiger partial charge in [0.1, 0.15) is 16.8 Å². The minimum atomic E-state index is -0.541. The van der Waals surface area contributed by atoms with Gasteiger partial charge in [0.15, 0.2) is 5.84 Å². The number of ether oxygens (including phenoxy) is 1. The lowest BCUT2D eigenvalue weighted by atomic mass is 10.3. The summed E-state index contributed by atoms with van der Waals surface area (Å²) in [6, 6.07) is 4.34. The molecule has 0 aliphatic heterocycles. The number of rotatable bonds is 4. The van der Waals surface area contributed by atoms with Crippen molar-refractivity contribution in [3.63, 3.8) is 0 Å². The molecule has 0 aliphatic carbocycles. The van der Waals surface area contributed by atoms with E-state index in [1.807, 2.05) is 0 Å². The van der Waals surface area contributed by atoms with Crippen LogP contribution >= 0.6 is 15.9 Å². The maximum absolute atomic E-state index is 10.6. The van der Waals surface area contributed by atoms with Gasteiger partial charge in [-0.3, -0.25) is 10.1 Å². The molecule has 0 amide bonds. The Kier molecular flexibility index (Phi) is 4.06. The number of hydrogen-bond acceptors (Lipinski definition) is 5. The average Bonchev–Trinajstić information content (AvgIpc) is 2.26. The van der Waals surface area contributed by atoms with Crippen molar-refractivity contribution < 1.29 is 14.9 Å². The second kappa shape index (κ2) is 5.31. The molecular weight excluding hydrogens is 282 g/mol. The molecule has 1 aromatic carbocycles. The molecule has 8 heteroatoms. The lowest BCUT2D eigenvalue weighted by Gasteiger charge is -2.06. The summed E-state index contributed by atoms with van der Waals surface area (Å²) in [5.74, 6) is 0.124. The fourth-order valence-corrected chi connectivity index (χ4v) is 1.46. The Morgan fingerprint density at radius 3 is 2.94 bits per heavy atom. The topological polar surface area (TPSA) is 111 Å². The first kappa shape index (κ1) is 12.2. The third-order valence-corrected chi connectivity index (χ3v) is 2.44. The molecule has 0 heterocycles. The molecule has 0 bridgehead atoms. The lowest BCUT2D eigenvalue weighted by Crippen LogP contribution is -2.20. The summed E-state index contributed by atoms with van der Waals surface area (Å²) in [7, 11) is 0. The second-order valence-corrected chi connectivity index (χ2v) is 3.52. The second-order valence-electron chi connectivity index (χ2n) is 2.73. The van der Waals surface area contributed by atoms with Gasteiger partial charge in [0.05, 0.1) is 4.92 Å². The van der Waals surface area contributed by atoms with Crippen LogP contribution in [0, 0.1) is 10.1 Å². The first-order valence-electron chi connectivity index (χ1n) is 4.08. The molecule has 3 N–H and O–H groups in total. The van der Waals surface area contributed by atoms with E-state index in [-0.39, 0.29) is 28.4 Å². The third-order valence-electron chi connectivity index (χ3n) is 1.64. The summed E-state index contributed by atoms with van der Waals surface area (Å²) < 4.78 is 5.33. The van der Waals surface area contributed by atoms with E-state index in [9.17, 15) is 10.1 Å². The van der Waals surface area contributed by atoms with E-state index in [0.717, 1.165) is 0 Å². The van der Waals surface area contributed by atoms with Crippen molar-refractivity contribution >= 4 is 27.5 Å². The monoisotopic (exact) mass is 289 g/mol. The van der Waals surface area contributed by atoms with Gasteiger partial charge >= 0.3 is 0 Å². The number of nitro groups is 1. The summed E-state index contributed by atoms with van der Waals surface area (Å²) in [5.41, 5.74) is 5.08. The van der Waals surface area contributed by atoms with Crippen LogP contribution in [0.2, 0.25) is 0 Å². The molecule has 0 saturated heterocycles. The van der Waals surface area contributed by atoms with Crippen molar-refractivity contribution in [3.05, 3.63) is 32.8 Å². The number of oxime groups is 1. The summed E-state index contributed by atoms with van der Waals surface area (Å²) in [5, 5.41) is 21.6. The molecule has 16 heavy (non-hydrogen) atoms. The predicted molar refractivity (Wildman–Crippen MR) is 59.7 cm³/mol. The number of benzene rings is 1. The maximum Gasteiger partial charge on any atom is 0.287 e. The number of halogens is 1. The molecule has 1 rings (SSSR count). The van der Waals surface area contributed by atoms with Crippen molar-refractivity contribution in [3.8, 4) is 5.75 Å². The summed E-state index contributed by atoms with van der Waals surface area (Å²) in [6.45, 7) is -0.156. The maximum atomic E-state index is 10.6. The summed E-state index contributed by atoms with van der Waals surface area (Å²) >= 11 is 3.04. The Morgan fingerprint density at radius 1 is 1.69 bits per heavy atom. The molecule has 0 spiro atoms. The number of nitro benzene ring substituents is 1. The van der Waals surface area contributed by atoms with Crippen molar-refractivity contribution in [2.45, 2.75) is 0 Å². The Labute approximate surface area is 98.8 Å². The standard InChI is InChI=1S/C8H8BrN3O4/c9-8-5(12(14)15)2-1-3-6(8)16-4-7(10)11-13/h1-3,13H,4H2,(H2,10,11). The predicted octanol–water partition coefficient (Wildman–Crippen LogP) is 1.48. The molecular formula is C8H8BrN3O4. The van der Waals surface area contributed by atoms with Crippen LogP contribution in [0.5, 0.6) is 5.75 Å². The Hall–Kier alpha value is -1.83. The fraction of sp³-hybridized carbons (Fsp3) is 0.125. The van der Waals surface area contributed by atoms with E-state index in [4.69, 9.17) is 15.7 Å². The highest BCUT2D eigenvalue weighted by Gasteiger charge is 2.15. The van der Waals surface area contributed by atoms with Crippen LogP contribution in [0.4, 0.5) is 5.69 Å². The molecule has 0 fully saturated rings. The Balaban J connectivity index is 2.89. The first-order chi connectivity index (χ1) is 7.56. The lowest BCUT2D eigenvalue weighted by molar-refractivity contribution is -0.385. The zero-order chi connectivity index (χ0) is 12.1. The van der Waals surface area contributed by atoms with Crippen LogP contribution < -0.4 is 10.5 Å². The van der Waals surface area contributed by atoms with Gasteiger partial charge in [0.2, 0.25) is 0 Å². The zero-order valence-corrected chi connectivity index (χ0v) is 9.55. The van der Waals surface area contributed by atoms with Gasteiger partial charge < -0.3 is 15.7 Å². The molecule has 1 aromatic rings. The van der Waals surface area contributed by atoms with Crippen LogP contribution in [-0.4, -0.2) is 22.6 Å². The number of amidine groups is 1. The Bertz CT molecular complexity index is 435. The van der Waals surface area contributed by atoms with E-state index in [0.29, 0.717) is 0 Å². The minimum Gasteiger partial charge on any atom is -0.484 e. The van der Waals surface area contributed by atoms with Crippen LogP contribution in [0.15, 0.2) is 27.8 Å². The number of nitrogens with two attached hydrogens (primary N) is 1. The van der Waals surface area contributed by atoms with Gasteiger partial charge in [0, 0.05) is 6.07 Å². The van der Waals surface area contributed by atoms with E-state index >= 15 is 0 Å². The smallest absolute Gasteiger partial charge is 0.287 e. The van der Waals surface area contributed by atoms with Gasteiger partial charge in [-0.2, -0.15) is 0 Å². The van der Waals surface area contributed by atoms with Crippen LogP contribution in [0.1, 0.15) is 0 Å². The molecule has 7 nitrogen and oxygen atoms in total. The zero-order valence-electron chi connectivity index (χ0n) is 7.96. The molecule has 0 atom stereocenters. The molecule has 0 saturated carbocycles. The van der Waals surface area contributed by atoms with Crippen LogP contribution in [0.25, 0.3) is 0 Å². The molecule has 86 valence electrons. The molecule has 0 unspecified atom stereocenters. The normalized spacial score (nSPS) is 11.2. The fourth-order valence-electron chi connectivity index (χ4n) is 0.932. The molecule has 0 radical (unpaired) electrons. The highest BCUT2D eigenvalue weighted by Crippen LogP contribution is 2.33. The highest BCUT2D eigenvalue weighted by molar-refractivity contribution is 9.10. The average molecular weight is 290 g/mol. The van der Waals surface area contributed by atoms with Crippen molar-refractivity contribution in [2.75, 3.05) is 6.61 Å². The van der Waals surface area contributed by atoms with Gasteiger partial charge in [-0.25, -0.2) is 0 Å². The molecule has 0 aliphatic rings. The van der Waals surface area contributed by atoms with Gasteiger partial charge in [-0.1, -0.05) is 11.2 Å². The highest BCUT2D eigenvalue weighted by atomic mass is 79.9. The minimum absolute atomic E-state index is 0.114. The van der Waals surface area contributed by atoms with Crippen molar-refractivity contribution in [2.24, 2.45) is 10.9 Å². The van der Waals surface area contributed by atoms with E-state index in [1.165, 1.54) is 18.2 Å².